The van der Waals surface area contributed by atoms with Crippen molar-refractivity contribution in [2.75, 3.05) is 13.7 Å². The molecule has 1 atom stereocenters. The van der Waals surface area contributed by atoms with Gasteiger partial charge in [0.25, 0.3) is 0 Å². The smallest absolute Gasteiger partial charge is 0.140 e. The Morgan fingerprint density at radius 2 is 2.47 bits per heavy atom. The van der Waals surface area contributed by atoms with Crippen molar-refractivity contribution in [3.8, 4) is 5.75 Å². The van der Waals surface area contributed by atoms with E-state index in [0.29, 0.717) is 11.1 Å². The molecule has 3 nitrogen and oxygen atoms in total. The first-order chi connectivity index (χ1) is 7.31. The van der Waals surface area contributed by atoms with Crippen LogP contribution < -0.4 is 10.2 Å². The summed E-state index contributed by atoms with van der Waals surface area (Å²) in [6.07, 6.45) is 1.90. The Labute approximate surface area is 94.3 Å². The number of ether oxygens (including phenoxy) is 1. The number of methoxy groups -OCH3 is 1. The summed E-state index contributed by atoms with van der Waals surface area (Å²) in [6.45, 7) is 0.771. The van der Waals surface area contributed by atoms with Gasteiger partial charge in [-0.05, 0) is 24.5 Å². The molecule has 1 aromatic carbocycles. The van der Waals surface area contributed by atoms with Crippen LogP contribution in [0.4, 0.5) is 0 Å². The van der Waals surface area contributed by atoms with Crippen LogP contribution in [-0.4, -0.2) is 19.8 Å². The fourth-order valence-electron chi connectivity index (χ4n) is 1.79. The van der Waals surface area contributed by atoms with Crippen LogP contribution in [0.2, 0.25) is 5.02 Å². The van der Waals surface area contributed by atoms with Crippen LogP contribution in [-0.2, 0) is 11.3 Å². The molecule has 1 fully saturated rings. The lowest BCUT2D eigenvalue weighted by Crippen LogP contribution is -2.22. The fourth-order valence-corrected chi connectivity index (χ4v) is 2.06. The van der Waals surface area contributed by atoms with E-state index in [9.17, 15) is 0 Å². The highest BCUT2D eigenvalue weighted by Crippen LogP contribution is 2.29. The van der Waals surface area contributed by atoms with Crippen LogP contribution in [0, 0.1) is 0 Å². The lowest BCUT2D eigenvalue weighted by atomic mass is 10.0. The summed E-state index contributed by atoms with van der Waals surface area (Å²) in [5.41, 5.74) is 4.10. The van der Waals surface area contributed by atoms with Crippen molar-refractivity contribution in [1.82, 2.24) is 5.48 Å². The normalized spacial score (nSPS) is 20.5. The first-order valence-electron chi connectivity index (χ1n) is 5.00. The largest absolute Gasteiger partial charge is 0.495 e. The average Bonchev–Trinajstić information content (AvgIpc) is 2.71. The van der Waals surface area contributed by atoms with Crippen molar-refractivity contribution >= 4 is 11.6 Å². The first kappa shape index (κ1) is 10.7. The summed E-state index contributed by atoms with van der Waals surface area (Å²) in [7, 11) is 1.64. The molecule has 1 N–H and O–H groups in total. The minimum Gasteiger partial charge on any atom is -0.495 e. The van der Waals surface area contributed by atoms with E-state index in [2.05, 4.69) is 5.48 Å². The number of benzene rings is 1. The number of halogens is 1. The average molecular weight is 228 g/mol. The number of hydroxylamine groups is 1. The second-order valence-electron chi connectivity index (χ2n) is 3.59. The first-order valence-corrected chi connectivity index (χ1v) is 5.37. The molecular weight excluding hydrogens is 214 g/mol. The van der Waals surface area contributed by atoms with Crippen molar-refractivity contribution in [3.05, 3.63) is 28.8 Å². The molecule has 15 heavy (non-hydrogen) atoms. The molecule has 0 aliphatic carbocycles. The van der Waals surface area contributed by atoms with Crippen molar-refractivity contribution in [2.24, 2.45) is 0 Å². The highest BCUT2D eigenvalue weighted by atomic mass is 35.5. The van der Waals surface area contributed by atoms with Gasteiger partial charge in [-0.1, -0.05) is 23.7 Å². The highest BCUT2D eigenvalue weighted by molar-refractivity contribution is 6.32. The Morgan fingerprint density at radius 1 is 1.60 bits per heavy atom. The fraction of sp³-hybridized carbons (Fsp3) is 0.455. The van der Waals surface area contributed by atoms with E-state index in [1.54, 1.807) is 7.11 Å². The third-order valence-corrected chi connectivity index (χ3v) is 2.83. The number of hydrogen-bond acceptors (Lipinski definition) is 3. The molecule has 82 valence electrons. The van der Waals surface area contributed by atoms with Gasteiger partial charge in [0.2, 0.25) is 0 Å². The summed E-state index contributed by atoms with van der Waals surface area (Å²) in [5.74, 6) is 0.771. The van der Waals surface area contributed by atoms with Crippen molar-refractivity contribution < 1.29 is 9.57 Å². The van der Waals surface area contributed by atoms with Gasteiger partial charge in [0.1, 0.15) is 5.75 Å². The van der Waals surface area contributed by atoms with Crippen LogP contribution in [0.25, 0.3) is 0 Å². The third-order valence-electron chi connectivity index (χ3n) is 2.54. The second kappa shape index (κ2) is 4.84. The summed E-state index contributed by atoms with van der Waals surface area (Å²) in [4.78, 5) is 5.11. The van der Waals surface area contributed by atoms with Gasteiger partial charge in [0, 0.05) is 6.04 Å². The van der Waals surface area contributed by atoms with E-state index in [-0.39, 0.29) is 0 Å². The van der Waals surface area contributed by atoms with Crippen LogP contribution in [0.15, 0.2) is 18.2 Å². The van der Waals surface area contributed by atoms with Crippen molar-refractivity contribution in [1.29, 1.82) is 0 Å². The molecule has 1 saturated heterocycles. The molecule has 1 aromatic rings. The van der Waals surface area contributed by atoms with Crippen LogP contribution in [0.3, 0.4) is 0 Å². The van der Waals surface area contributed by atoms with Gasteiger partial charge in [-0.3, -0.25) is 0 Å². The zero-order chi connectivity index (χ0) is 10.7. The van der Waals surface area contributed by atoms with E-state index in [0.717, 1.165) is 30.8 Å². The van der Waals surface area contributed by atoms with Gasteiger partial charge in [-0.2, -0.15) is 5.48 Å². The summed E-state index contributed by atoms with van der Waals surface area (Å²) >= 11 is 6.04. The summed E-state index contributed by atoms with van der Waals surface area (Å²) < 4.78 is 5.29. The lowest BCUT2D eigenvalue weighted by molar-refractivity contribution is 0.0882. The molecule has 2 rings (SSSR count). The zero-order valence-corrected chi connectivity index (χ0v) is 9.38. The molecule has 4 heteroatoms. The minimum atomic E-state index is 0.359. The zero-order valence-electron chi connectivity index (χ0n) is 8.63. The summed E-state index contributed by atoms with van der Waals surface area (Å²) in [6, 6.07) is 6.17. The van der Waals surface area contributed by atoms with Gasteiger partial charge in [0.15, 0.2) is 0 Å². The summed E-state index contributed by atoms with van der Waals surface area (Å²) in [5, 5.41) is 0.661. The molecule has 0 bridgehead atoms. The van der Waals surface area contributed by atoms with Crippen molar-refractivity contribution in [2.45, 2.75) is 18.9 Å². The van der Waals surface area contributed by atoms with E-state index in [1.165, 1.54) is 0 Å². The van der Waals surface area contributed by atoms with Gasteiger partial charge >= 0.3 is 0 Å². The van der Waals surface area contributed by atoms with Gasteiger partial charge in [0.05, 0.1) is 18.7 Å². The molecule has 0 spiro atoms. The van der Waals surface area contributed by atoms with Crippen LogP contribution in [0.5, 0.6) is 5.75 Å². The predicted octanol–water partition coefficient (Wildman–Crippen LogP) is 2.18. The van der Waals surface area contributed by atoms with E-state index in [4.69, 9.17) is 21.2 Å². The Hall–Kier alpha value is -0.770. The molecular formula is C11H14ClNO2. The van der Waals surface area contributed by atoms with E-state index < -0.39 is 0 Å². The maximum atomic E-state index is 6.04. The number of rotatable bonds is 3. The topological polar surface area (TPSA) is 30.5 Å². The predicted molar refractivity (Wildman–Crippen MR) is 59.2 cm³/mol. The SMILES string of the molecule is COc1c(Cl)cccc1CC1CCON1. The molecule has 0 amide bonds. The van der Waals surface area contributed by atoms with E-state index in [1.807, 2.05) is 18.2 Å². The minimum absolute atomic E-state index is 0.359. The standard InChI is InChI=1S/C11H14ClNO2/c1-14-11-8(3-2-4-10(11)12)7-9-5-6-15-13-9/h2-4,9,13H,5-7H2,1H3. The van der Waals surface area contributed by atoms with Crippen molar-refractivity contribution in [3.63, 3.8) is 0 Å². The Bertz CT molecular complexity index is 337. The van der Waals surface area contributed by atoms with Gasteiger partial charge in [-0.25, -0.2) is 0 Å². The molecule has 1 unspecified atom stereocenters. The Balaban J connectivity index is 2.15. The van der Waals surface area contributed by atoms with Gasteiger partial charge in [-0.15, -0.1) is 0 Å². The van der Waals surface area contributed by atoms with Gasteiger partial charge < -0.3 is 9.57 Å². The van der Waals surface area contributed by atoms with Crippen LogP contribution >= 0.6 is 11.6 Å². The maximum absolute atomic E-state index is 6.04. The molecule has 1 aliphatic rings. The molecule has 0 saturated carbocycles. The number of nitrogens with one attached hydrogen (secondary N) is 1. The lowest BCUT2D eigenvalue weighted by Gasteiger charge is -2.13. The number of para-hydroxylation sites is 1. The third kappa shape index (κ3) is 2.43. The maximum Gasteiger partial charge on any atom is 0.140 e. The molecule has 1 aliphatic heterocycles. The quantitative estimate of drug-likeness (QED) is 0.859. The van der Waals surface area contributed by atoms with E-state index >= 15 is 0 Å². The number of hydrogen-bond donors (Lipinski definition) is 1. The monoisotopic (exact) mass is 227 g/mol. The van der Waals surface area contributed by atoms with Crippen LogP contribution in [0.1, 0.15) is 12.0 Å². The Kier molecular flexibility index (Phi) is 3.46. The molecule has 0 radical (unpaired) electrons. The molecule has 0 aromatic heterocycles. The molecule has 1 heterocycles. The highest BCUT2D eigenvalue weighted by Gasteiger charge is 2.18. The Morgan fingerprint density at radius 3 is 3.13 bits per heavy atom. The second-order valence-corrected chi connectivity index (χ2v) is 4.00.